The van der Waals surface area contributed by atoms with Crippen molar-refractivity contribution in [3.8, 4) is 11.5 Å². The van der Waals surface area contributed by atoms with Crippen LogP contribution in [0.2, 0.25) is 5.02 Å². The van der Waals surface area contributed by atoms with Crippen molar-refractivity contribution in [2.24, 2.45) is 7.05 Å². The lowest BCUT2D eigenvalue weighted by Gasteiger charge is -2.11. The predicted octanol–water partition coefficient (Wildman–Crippen LogP) is 2.11. The van der Waals surface area contributed by atoms with Crippen LogP contribution < -0.4 is 21.7 Å². The minimum absolute atomic E-state index is 0.0738. The first-order chi connectivity index (χ1) is 11.8. The van der Waals surface area contributed by atoms with Crippen LogP contribution in [0, 0.1) is 0 Å². The van der Waals surface area contributed by atoms with Crippen LogP contribution in [0.4, 0.5) is 5.69 Å². The lowest BCUT2D eigenvalue weighted by Crippen LogP contribution is -2.24. The van der Waals surface area contributed by atoms with E-state index in [1.807, 2.05) is 0 Å². The Morgan fingerprint density at radius 1 is 1.36 bits per heavy atom. The quantitative estimate of drug-likeness (QED) is 0.621. The summed E-state index contributed by atoms with van der Waals surface area (Å²) in [4.78, 5) is 24.1. The number of hydrogen-bond donors (Lipinski definition) is 2. The summed E-state index contributed by atoms with van der Waals surface area (Å²) in [6, 6.07) is 6.35. The number of benzene rings is 1. The van der Waals surface area contributed by atoms with E-state index in [2.05, 4.69) is 26.1 Å². The first-order valence-electron chi connectivity index (χ1n) is 7.08. The monoisotopic (exact) mass is 425 g/mol. The van der Waals surface area contributed by atoms with E-state index < -0.39 is 5.56 Å². The number of nitrogen functional groups attached to an aromatic ring is 1. The van der Waals surface area contributed by atoms with Gasteiger partial charge in [0.05, 0.1) is 11.0 Å². The van der Waals surface area contributed by atoms with Crippen molar-refractivity contribution >= 4 is 33.2 Å². The summed E-state index contributed by atoms with van der Waals surface area (Å²) in [6.07, 6.45) is 1.57. The van der Waals surface area contributed by atoms with Crippen LogP contribution in [0.1, 0.15) is 5.82 Å². The van der Waals surface area contributed by atoms with E-state index in [0.29, 0.717) is 26.8 Å². The van der Waals surface area contributed by atoms with Crippen molar-refractivity contribution < 1.29 is 4.74 Å². The van der Waals surface area contributed by atoms with Gasteiger partial charge in [0.15, 0.2) is 5.82 Å². The summed E-state index contributed by atoms with van der Waals surface area (Å²) < 4.78 is 8.85. The number of ether oxygens (including phenoxy) is 1. The number of nitrogens with one attached hydrogen (secondary N) is 1. The van der Waals surface area contributed by atoms with E-state index in [1.54, 1.807) is 37.5 Å². The fourth-order valence-corrected chi connectivity index (χ4v) is 2.79. The summed E-state index contributed by atoms with van der Waals surface area (Å²) in [5.74, 6) is 0.824. The Morgan fingerprint density at radius 2 is 2.12 bits per heavy atom. The number of pyridine rings is 1. The molecular weight excluding hydrogens is 414 g/mol. The maximum absolute atomic E-state index is 12.7. The van der Waals surface area contributed by atoms with E-state index in [-0.39, 0.29) is 18.0 Å². The van der Waals surface area contributed by atoms with Gasteiger partial charge < -0.3 is 15.0 Å². The standard InChI is InChI=1S/C15H13BrClN5O3/c1-21-12(19-20-15(21)24)7-22-3-2-11(16)13(14(22)23)25-10-5-8(17)4-9(18)6-10/h2-6H,7,18H2,1H3,(H,20,24). The molecule has 1 aromatic carbocycles. The van der Waals surface area contributed by atoms with Gasteiger partial charge in [0.1, 0.15) is 5.75 Å². The van der Waals surface area contributed by atoms with Crippen LogP contribution in [-0.2, 0) is 13.6 Å². The fourth-order valence-electron chi connectivity index (χ4n) is 2.18. The highest BCUT2D eigenvalue weighted by Crippen LogP contribution is 2.29. The van der Waals surface area contributed by atoms with Crippen LogP contribution >= 0.6 is 27.5 Å². The average molecular weight is 427 g/mol. The molecule has 0 amide bonds. The summed E-state index contributed by atoms with van der Waals surface area (Å²) in [5, 5.41) is 6.62. The Balaban J connectivity index is 1.98. The minimum Gasteiger partial charge on any atom is -0.450 e. The molecule has 0 aliphatic heterocycles. The van der Waals surface area contributed by atoms with Gasteiger partial charge in [0, 0.05) is 30.0 Å². The maximum Gasteiger partial charge on any atom is 0.343 e. The molecule has 3 N–H and O–H groups in total. The molecule has 10 heteroatoms. The summed E-state index contributed by atoms with van der Waals surface area (Å²) >= 11 is 9.26. The molecule has 0 radical (unpaired) electrons. The zero-order chi connectivity index (χ0) is 18.1. The zero-order valence-corrected chi connectivity index (χ0v) is 15.3. The summed E-state index contributed by atoms with van der Waals surface area (Å²) in [5.41, 5.74) is 5.40. The van der Waals surface area contributed by atoms with Crippen molar-refractivity contribution in [1.82, 2.24) is 19.3 Å². The highest BCUT2D eigenvalue weighted by molar-refractivity contribution is 9.10. The third kappa shape index (κ3) is 3.62. The molecule has 0 spiro atoms. The third-order valence-corrected chi connectivity index (χ3v) is 4.31. The topological polar surface area (TPSA) is 108 Å². The molecule has 3 rings (SSSR count). The van der Waals surface area contributed by atoms with Crippen LogP contribution in [0.3, 0.4) is 0 Å². The van der Waals surface area contributed by atoms with Crippen LogP contribution in [0.25, 0.3) is 0 Å². The minimum atomic E-state index is -0.400. The Labute approximate surface area is 154 Å². The third-order valence-electron chi connectivity index (χ3n) is 3.47. The van der Waals surface area contributed by atoms with Crippen LogP contribution in [0.5, 0.6) is 11.5 Å². The van der Waals surface area contributed by atoms with Crippen molar-refractivity contribution in [2.45, 2.75) is 6.54 Å². The lowest BCUT2D eigenvalue weighted by molar-refractivity contribution is 0.463. The number of hydrogen-bond acceptors (Lipinski definition) is 5. The number of halogens is 2. The molecule has 8 nitrogen and oxygen atoms in total. The number of rotatable bonds is 4. The summed E-state index contributed by atoms with van der Waals surface area (Å²) in [7, 11) is 1.57. The Morgan fingerprint density at radius 3 is 2.76 bits per heavy atom. The lowest BCUT2D eigenvalue weighted by atomic mass is 10.3. The Kier molecular flexibility index (Phi) is 4.69. The molecule has 2 aromatic heterocycles. The number of nitrogens with zero attached hydrogens (tertiary/aromatic N) is 3. The second-order valence-electron chi connectivity index (χ2n) is 5.25. The predicted molar refractivity (Wildman–Crippen MR) is 97.3 cm³/mol. The van der Waals surface area contributed by atoms with Gasteiger partial charge in [-0.25, -0.2) is 9.89 Å². The van der Waals surface area contributed by atoms with E-state index in [4.69, 9.17) is 22.1 Å². The summed E-state index contributed by atoms with van der Waals surface area (Å²) in [6.45, 7) is 0.107. The number of anilines is 1. The molecule has 0 fully saturated rings. The smallest absolute Gasteiger partial charge is 0.343 e. The maximum atomic E-state index is 12.7. The molecule has 0 saturated heterocycles. The fraction of sp³-hybridized carbons (Fsp3) is 0.133. The molecule has 0 aliphatic rings. The highest BCUT2D eigenvalue weighted by atomic mass is 79.9. The number of aromatic amines is 1. The first-order valence-corrected chi connectivity index (χ1v) is 8.25. The van der Waals surface area contributed by atoms with Gasteiger partial charge in [0.2, 0.25) is 5.75 Å². The van der Waals surface area contributed by atoms with E-state index >= 15 is 0 Å². The second kappa shape index (κ2) is 6.77. The van der Waals surface area contributed by atoms with E-state index in [9.17, 15) is 9.59 Å². The van der Waals surface area contributed by atoms with Crippen molar-refractivity contribution in [2.75, 3.05) is 5.73 Å². The van der Waals surface area contributed by atoms with Crippen molar-refractivity contribution in [1.29, 1.82) is 0 Å². The SMILES string of the molecule is Cn1c(Cn2ccc(Br)c(Oc3cc(N)cc(Cl)c3)c2=O)n[nH]c1=O. The normalized spacial score (nSPS) is 10.8. The van der Waals surface area contributed by atoms with Gasteiger partial charge in [-0.15, -0.1) is 0 Å². The van der Waals surface area contributed by atoms with Gasteiger partial charge in [-0.3, -0.25) is 9.36 Å². The van der Waals surface area contributed by atoms with E-state index in [0.717, 1.165) is 0 Å². The molecule has 0 aliphatic carbocycles. The highest BCUT2D eigenvalue weighted by Gasteiger charge is 2.14. The number of H-pyrrole nitrogens is 1. The molecule has 0 saturated carbocycles. The molecule has 130 valence electrons. The molecular formula is C15H13BrClN5O3. The first kappa shape index (κ1) is 17.3. The largest absolute Gasteiger partial charge is 0.450 e. The van der Waals surface area contributed by atoms with Gasteiger partial charge >= 0.3 is 5.69 Å². The Bertz CT molecular complexity index is 1040. The number of aromatic nitrogens is 4. The second-order valence-corrected chi connectivity index (χ2v) is 6.54. The van der Waals surface area contributed by atoms with Gasteiger partial charge in [-0.05, 0) is 34.1 Å². The Hall–Kier alpha value is -2.52. The van der Waals surface area contributed by atoms with Crippen LogP contribution in [-0.4, -0.2) is 19.3 Å². The number of nitrogens with two attached hydrogens (primary N) is 1. The molecule has 0 bridgehead atoms. The molecule has 25 heavy (non-hydrogen) atoms. The average Bonchev–Trinajstić information content (AvgIpc) is 2.85. The van der Waals surface area contributed by atoms with Crippen LogP contribution in [0.15, 0.2) is 44.5 Å². The van der Waals surface area contributed by atoms with E-state index in [1.165, 1.54) is 9.13 Å². The zero-order valence-electron chi connectivity index (χ0n) is 13.0. The molecule has 3 aromatic rings. The van der Waals surface area contributed by atoms with Gasteiger partial charge in [-0.2, -0.15) is 5.10 Å². The van der Waals surface area contributed by atoms with Crippen molar-refractivity contribution in [3.05, 3.63) is 66.6 Å². The molecule has 0 unspecified atom stereocenters. The van der Waals surface area contributed by atoms with Gasteiger partial charge in [-0.1, -0.05) is 11.6 Å². The molecule has 0 atom stereocenters. The molecule has 2 heterocycles. The van der Waals surface area contributed by atoms with Gasteiger partial charge in [0.25, 0.3) is 5.56 Å². The van der Waals surface area contributed by atoms with Crippen molar-refractivity contribution in [3.63, 3.8) is 0 Å².